The Morgan fingerprint density at radius 1 is 1.29 bits per heavy atom. The van der Waals surface area contributed by atoms with E-state index >= 15 is 0 Å². The predicted molar refractivity (Wildman–Crippen MR) is 67.8 cm³/mol. The van der Waals surface area contributed by atoms with Crippen LogP contribution in [0.4, 0.5) is 0 Å². The fourth-order valence-electron chi connectivity index (χ4n) is 1.66. The Balaban J connectivity index is 2.84. The van der Waals surface area contributed by atoms with Crippen molar-refractivity contribution < 1.29 is 14.3 Å². The third-order valence-electron chi connectivity index (χ3n) is 2.60. The molecule has 17 heavy (non-hydrogen) atoms. The maximum absolute atomic E-state index is 11.8. The van der Waals surface area contributed by atoms with Crippen LogP contribution in [0.1, 0.15) is 36.2 Å². The lowest BCUT2D eigenvalue weighted by Crippen LogP contribution is -2.05. The van der Waals surface area contributed by atoms with E-state index in [-0.39, 0.29) is 5.78 Å². The molecule has 0 radical (unpaired) electrons. The maximum atomic E-state index is 11.8. The van der Waals surface area contributed by atoms with E-state index in [4.69, 9.17) is 9.47 Å². The molecule has 0 amide bonds. The van der Waals surface area contributed by atoms with Crippen LogP contribution in [0.2, 0.25) is 0 Å². The third kappa shape index (κ3) is 3.86. The number of ether oxygens (including phenoxy) is 2. The summed E-state index contributed by atoms with van der Waals surface area (Å²) in [4.78, 5) is 11.8. The van der Waals surface area contributed by atoms with Crippen LogP contribution in [0, 0.1) is 0 Å². The summed E-state index contributed by atoms with van der Waals surface area (Å²) in [5.41, 5.74) is 1.82. The van der Waals surface area contributed by atoms with Gasteiger partial charge < -0.3 is 9.47 Å². The highest BCUT2D eigenvalue weighted by Gasteiger charge is 2.09. The van der Waals surface area contributed by atoms with Gasteiger partial charge in [0.15, 0.2) is 5.78 Å². The standard InChI is InChI=1S/C14H20O3/c1-4-11-10-12(13(15)8-9-16-3)6-7-14(11)17-5-2/h6-7,10H,4-5,8-9H2,1-3H3. The Bertz CT molecular complexity index is 372. The predicted octanol–water partition coefficient (Wildman–Crippen LogP) is 2.87. The van der Waals surface area contributed by atoms with Gasteiger partial charge in [-0.05, 0) is 37.1 Å². The average Bonchev–Trinajstić information content (AvgIpc) is 2.36. The van der Waals surface area contributed by atoms with Crippen LogP contribution in [0.5, 0.6) is 5.75 Å². The van der Waals surface area contributed by atoms with Crippen molar-refractivity contribution in [1.29, 1.82) is 0 Å². The smallest absolute Gasteiger partial charge is 0.165 e. The Morgan fingerprint density at radius 2 is 2.06 bits per heavy atom. The van der Waals surface area contributed by atoms with E-state index < -0.39 is 0 Å². The van der Waals surface area contributed by atoms with Crippen molar-refractivity contribution in [1.82, 2.24) is 0 Å². The number of hydrogen-bond donors (Lipinski definition) is 0. The summed E-state index contributed by atoms with van der Waals surface area (Å²) in [6, 6.07) is 5.62. The molecule has 0 atom stereocenters. The first-order valence-corrected chi connectivity index (χ1v) is 6.00. The van der Waals surface area contributed by atoms with Gasteiger partial charge in [0.05, 0.1) is 13.2 Å². The summed E-state index contributed by atoms with van der Waals surface area (Å²) in [7, 11) is 1.60. The van der Waals surface area contributed by atoms with E-state index in [9.17, 15) is 4.79 Å². The van der Waals surface area contributed by atoms with E-state index in [0.29, 0.717) is 19.6 Å². The van der Waals surface area contributed by atoms with Crippen molar-refractivity contribution >= 4 is 5.78 Å². The number of carbonyl (C=O) groups excluding carboxylic acids is 1. The zero-order chi connectivity index (χ0) is 12.7. The van der Waals surface area contributed by atoms with Crippen molar-refractivity contribution in [2.24, 2.45) is 0 Å². The first-order chi connectivity index (χ1) is 8.22. The molecule has 94 valence electrons. The Hall–Kier alpha value is -1.35. The van der Waals surface area contributed by atoms with Crippen LogP contribution in [-0.4, -0.2) is 26.1 Å². The quantitative estimate of drug-likeness (QED) is 0.683. The molecular formula is C14H20O3. The zero-order valence-corrected chi connectivity index (χ0v) is 10.8. The largest absolute Gasteiger partial charge is 0.494 e. The minimum Gasteiger partial charge on any atom is -0.494 e. The summed E-state index contributed by atoms with van der Waals surface area (Å²) in [6.07, 6.45) is 1.29. The van der Waals surface area contributed by atoms with Gasteiger partial charge in [-0.3, -0.25) is 4.79 Å². The Kier molecular flexibility index (Phi) is 5.70. The zero-order valence-electron chi connectivity index (χ0n) is 10.8. The molecule has 1 aromatic rings. The van der Waals surface area contributed by atoms with Gasteiger partial charge in [0, 0.05) is 19.1 Å². The number of methoxy groups -OCH3 is 1. The van der Waals surface area contributed by atoms with Crippen LogP contribution in [0.3, 0.4) is 0 Å². The van der Waals surface area contributed by atoms with Crippen molar-refractivity contribution in [3.05, 3.63) is 29.3 Å². The van der Waals surface area contributed by atoms with E-state index in [1.807, 2.05) is 25.1 Å². The Labute approximate surface area is 103 Å². The number of rotatable bonds is 7. The van der Waals surface area contributed by atoms with Gasteiger partial charge in [0.2, 0.25) is 0 Å². The molecule has 0 aromatic heterocycles. The number of Topliss-reactive ketones (excluding diaryl/α,β-unsaturated/α-hetero) is 1. The molecule has 0 aliphatic rings. The topological polar surface area (TPSA) is 35.5 Å². The molecule has 0 aliphatic heterocycles. The van der Waals surface area contributed by atoms with Crippen LogP contribution in [-0.2, 0) is 11.2 Å². The minimum atomic E-state index is 0.115. The number of benzene rings is 1. The van der Waals surface area contributed by atoms with Gasteiger partial charge in [-0.25, -0.2) is 0 Å². The van der Waals surface area contributed by atoms with Crippen LogP contribution < -0.4 is 4.74 Å². The second kappa shape index (κ2) is 7.07. The first kappa shape index (κ1) is 13.7. The number of ketones is 1. The fourth-order valence-corrected chi connectivity index (χ4v) is 1.66. The minimum absolute atomic E-state index is 0.115. The lowest BCUT2D eigenvalue weighted by molar-refractivity contribution is 0.0932. The van der Waals surface area contributed by atoms with Gasteiger partial charge in [-0.2, -0.15) is 0 Å². The molecular weight excluding hydrogens is 216 g/mol. The van der Waals surface area contributed by atoms with Gasteiger partial charge >= 0.3 is 0 Å². The normalized spacial score (nSPS) is 10.3. The second-order valence-corrected chi connectivity index (χ2v) is 3.78. The monoisotopic (exact) mass is 236 g/mol. The van der Waals surface area contributed by atoms with Crippen molar-refractivity contribution in [3.8, 4) is 5.75 Å². The lowest BCUT2D eigenvalue weighted by Gasteiger charge is -2.10. The molecule has 1 aromatic carbocycles. The summed E-state index contributed by atoms with van der Waals surface area (Å²) in [5, 5.41) is 0. The van der Waals surface area contributed by atoms with Crippen LogP contribution in [0.25, 0.3) is 0 Å². The van der Waals surface area contributed by atoms with Gasteiger partial charge in [-0.15, -0.1) is 0 Å². The Morgan fingerprint density at radius 3 is 2.65 bits per heavy atom. The van der Waals surface area contributed by atoms with Gasteiger partial charge in [-0.1, -0.05) is 6.92 Å². The van der Waals surface area contributed by atoms with Gasteiger partial charge in [0.25, 0.3) is 0 Å². The van der Waals surface area contributed by atoms with E-state index in [1.165, 1.54) is 0 Å². The molecule has 0 fully saturated rings. The van der Waals surface area contributed by atoms with Crippen LogP contribution >= 0.6 is 0 Å². The number of carbonyl (C=O) groups is 1. The van der Waals surface area contributed by atoms with E-state index in [0.717, 1.165) is 23.3 Å². The SMILES string of the molecule is CCOc1ccc(C(=O)CCOC)cc1CC. The molecule has 0 unspecified atom stereocenters. The molecule has 3 nitrogen and oxygen atoms in total. The number of hydrogen-bond acceptors (Lipinski definition) is 3. The highest BCUT2D eigenvalue weighted by Crippen LogP contribution is 2.21. The van der Waals surface area contributed by atoms with Crippen LogP contribution in [0.15, 0.2) is 18.2 Å². The summed E-state index contributed by atoms with van der Waals surface area (Å²) < 4.78 is 10.4. The molecule has 0 aliphatic carbocycles. The third-order valence-corrected chi connectivity index (χ3v) is 2.60. The van der Waals surface area contributed by atoms with Gasteiger partial charge in [0.1, 0.15) is 5.75 Å². The lowest BCUT2D eigenvalue weighted by atomic mass is 10.0. The molecule has 3 heteroatoms. The maximum Gasteiger partial charge on any atom is 0.165 e. The number of aryl methyl sites for hydroxylation is 1. The molecule has 0 heterocycles. The van der Waals surface area contributed by atoms with E-state index in [2.05, 4.69) is 6.92 Å². The van der Waals surface area contributed by atoms with Crippen molar-refractivity contribution in [2.75, 3.05) is 20.3 Å². The fraction of sp³-hybridized carbons (Fsp3) is 0.500. The summed E-state index contributed by atoms with van der Waals surface area (Å²) in [6.45, 7) is 5.12. The summed E-state index contributed by atoms with van der Waals surface area (Å²) in [5.74, 6) is 0.989. The van der Waals surface area contributed by atoms with E-state index in [1.54, 1.807) is 7.11 Å². The molecule has 0 saturated carbocycles. The second-order valence-electron chi connectivity index (χ2n) is 3.78. The molecule has 0 N–H and O–H groups in total. The molecule has 0 spiro atoms. The van der Waals surface area contributed by atoms with Crippen molar-refractivity contribution in [3.63, 3.8) is 0 Å². The summed E-state index contributed by atoms with van der Waals surface area (Å²) >= 11 is 0. The highest BCUT2D eigenvalue weighted by atomic mass is 16.5. The molecule has 1 rings (SSSR count). The first-order valence-electron chi connectivity index (χ1n) is 6.00. The highest BCUT2D eigenvalue weighted by molar-refractivity contribution is 5.96. The molecule has 0 saturated heterocycles. The molecule has 0 bridgehead atoms. The average molecular weight is 236 g/mol. The van der Waals surface area contributed by atoms with Crippen molar-refractivity contribution in [2.45, 2.75) is 26.7 Å².